The van der Waals surface area contributed by atoms with E-state index in [-0.39, 0.29) is 11.7 Å². The second-order valence-electron chi connectivity index (χ2n) is 5.60. The first kappa shape index (κ1) is 16.4. The third-order valence-corrected chi connectivity index (χ3v) is 4.83. The summed E-state index contributed by atoms with van der Waals surface area (Å²) in [5, 5.41) is 0. The lowest BCUT2D eigenvalue weighted by Crippen LogP contribution is -2.16. The number of carbonyl (C=O) groups excluding carboxylic acids is 1. The summed E-state index contributed by atoms with van der Waals surface area (Å²) in [5.41, 5.74) is 2.44. The second kappa shape index (κ2) is 6.57. The van der Waals surface area contributed by atoms with Gasteiger partial charge in [-0.2, -0.15) is 4.99 Å². The summed E-state index contributed by atoms with van der Waals surface area (Å²) in [6, 6.07) is 11.9. The molecule has 3 aromatic rings. The number of aryl methyl sites for hydroxylation is 1. The fraction of sp³-hybridized carbons (Fsp3) is 0.222. The third kappa shape index (κ3) is 3.10. The van der Waals surface area contributed by atoms with Crippen molar-refractivity contribution in [3.63, 3.8) is 0 Å². The number of aromatic nitrogens is 1. The van der Waals surface area contributed by atoms with Crippen LogP contribution < -0.4 is 9.70 Å². The molecule has 24 heavy (non-hydrogen) atoms. The SMILES string of the molecule is CCn1c(=NC(=O)c2ccc(N(C)C)cc2)sc2cc(F)ccc21. The highest BCUT2D eigenvalue weighted by Crippen LogP contribution is 2.19. The smallest absolute Gasteiger partial charge is 0.279 e. The topological polar surface area (TPSA) is 37.6 Å². The molecule has 0 unspecified atom stereocenters. The first-order chi connectivity index (χ1) is 11.5. The van der Waals surface area contributed by atoms with Crippen LogP contribution in [0, 0.1) is 5.82 Å². The van der Waals surface area contributed by atoms with Crippen LogP contribution in [0.15, 0.2) is 47.5 Å². The van der Waals surface area contributed by atoms with Crippen molar-refractivity contribution in [3.8, 4) is 0 Å². The van der Waals surface area contributed by atoms with Gasteiger partial charge < -0.3 is 9.47 Å². The Kier molecular flexibility index (Phi) is 4.49. The highest BCUT2D eigenvalue weighted by Gasteiger charge is 2.09. The largest absolute Gasteiger partial charge is 0.378 e. The molecule has 1 aromatic heterocycles. The average Bonchev–Trinajstić information content (AvgIpc) is 2.90. The molecular formula is C18H18FN3OS. The van der Waals surface area contributed by atoms with Crippen LogP contribution in [0.2, 0.25) is 0 Å². The second-order valence-corrected chi connectivity index (χ2v) is 6.61. The number of fused-ring (bicyclic) bond motifs is 1. The molecule has 0 saturated heterocycles. The minimum atomic E-state index is -0.297. The van der Waals surface area contributed by atoms with Gasteiger partial charge in [0.25, 0.3) is 5.91 Å². The van der Waals surface area contributed by atoms with Crippen molar-refractivity contribution < 1.29 is 9.18 Å². The Morgan fingerprint density at radius 2 is 1.92 bits per heavy atom. The first-order valence-corrected chi connectivity index (χ1v) is 8.46. The Balaban J connectivity index is 2.04. The van der Waals surface area contributed by atoms with E-state index in [0.29, 0.717) is 16.9 Å². The highest BCUT2D eigenvalue weighted by molar-refractivity contribution is 7.16. The van der Waals surface area contributed by atoms with E-state index in [0.717, 1.165) is 15.9 Å². The molecule has 0 N–H and O–H groups in total. The van der Waals surface area contributed by atoms with Gasteiger partial charge in [0.05, 0.1) is 10.2 Å². The van der Waals surface area contributed by atoms with Crippen molar-refractivity contribution in [2.75, 3.05) is 19.0 Å². The quantitative estimate of drug-likeness (QED) is 0.728. The molecule has 0 atom stereocenters. The van der Waals surface area contributed by atoms with Gasteiger partial charge in [0, 0.05) is 31.9 Å². The molecule has 0 radical (unpaired) electrons. The number of halogens is 1. The van der Waals surface area contributed by atoms with Crippen molar-refractivity contribution in [3.05, 3.63) is 58.6 Å². The summed E-state index contributed by atoms with van der Waals surface area (Å²) < 4.78 is 16.1. The molecule has 0 bridgehead atoms. The summed E-state index contributed by atoms with van der Waals surface area (Å²) >= 11 is 1.32. The number of hydrogen-bond donors (Lipinski definition) is 0. The van der Waals surface area contributed by atoms with Crippen LogP contribution in [0.25, 0.3) is 10.2 Å². The molecule has 1 amide bonds. The van der Waals surface area contributed by atoms with Gasteiger partial charge in [-0.3, -0.25) is 4.79 Å². The maximum Gasteiger partial charge on any atom is 0.279 e. The maximum atomic E-state index is 13.4. The summed E-state index contributed by atoms with van der Waals surface area (Å²) in [6.07, 6.45) is 0. The Morgan fingerprint density at radius 1 is 1.21 bits per heavy atom. The zero-order valence-corrected chi connectivity index (χ0v) is 14.6. The zero-order valence-electron chi connectivity index (χ0n) is 13.8. The van der Waals surface area contributed by atoms with E-state index < -0.39 is 0 Å². The van der Waals surface area contributed by atoms with Gasteiger partial charge in [0.15, 0.2) is 4.80 Å². The minimum Gasteiger partial charge on any atom is -0.378 e. The van der Waals surface area contributed by atoms with Crippen molar-refractivity contribution in [1.82, 2.24) is 4.57 Å². The van der Waals surface area contributed by atoms with Gasteiger partial charge in [0.2, 0.25) is 0 Å². The maximum absolute atomic E-state index is 13.4. The van der Waals surface area contributed by atoms with E-state index in [4.69, 9.17) is 0 Å². The molecule has 1 heterocycles. The molecule has 124 valence electrons. The van der Waals surface area contributed by atoms with Gasteiger partial charge in [-0.15, -0.1) is 0 Å². The van der Waals surface area contributed by atoms with Crippen molar-refractivity contribution in [2.45, 2.75) is 13.5 Å². The lowest BCUT2D eigenvalue weighted by Gasteiger charge is -2.11. The van der Waals surface area contributed by atoms with E-state index in [2.05, 4.69) is 4.99 Å². The molecule has 2 aromatic carbocycles. The monoisotopic (exact) mass is 343 g/mol. The first-order valence-electron chi connectivity index (χ1n) is 7.65. The average molecular weight is 343 g/mol. The molecule has 0 aliphatic rings. The molecule has 3 rings (SSSR count). The van der Waals surface area contributed by atoms with Gasteiger partial charge in [0.1, 0.15) is 5.82 Å². The normalized spacial score (nSPS) is 11.9. The fourth-order valence-electron chi connectivity index (χ4n) is 2.49. The molecule has 0 fully saturated rings. The number of thiazole rings is 1. The van der Waals surface area contributed by atoms with Crippen LogP contribution >= 0.6 is 11.3 Å². The Bertz CT molecular complexity index is 955. The number of hydrogen-bond acceptors (Lipinski definition) is 3. The molecule has 4 nitrogen and oxygen atoms in total. The van der Waals surface area contributed by atoms with Crippen LogP contribution in [0.4, 0.5) is 10.1 Å². The van der Waals surface area contributed by atoms with Crippen molar-refractivity contribution >= 4 is 33.1 Å². The van der Waals surface area contributed by atoms with Gasteiger partial charge in [-0.25, -0.2) is 4.39 Å². The number of carbonyl (C=O) groups is 1. The lowest BCUT2D eigenvalue weighted by molar-refractivity contribution is 0.0998. The molecule has 6 heteroatoms. The number of rotatable bonds is 3. The Morgan fingerprint density at radius 3 is 2.54 bits per heavy atom. The molecular weight excluding hydrogens is 325 g/mol. The van der Waals surface area contributed by atoms with E-state index in [1.165, 1.54) is 23.5 Å². The molecule has 0 aliphatic carbocycles. The third-order valence-electron chi connectivity index (χ3n) is 3.79. The number of anilines is 1. The van der Waals surface area contributed by atoms with E-state index in [1.54, 1.807) is 18.2 Å². The number of amides is 1. The van der Waals surface area contributed by atoms with E-state index in [9.17, 15) is 9.18 Å². The van der Waals surface area contributed by atoms with Crippen molar-refractivity contribution in [1.29, 1.82) is 0 Å². The summed E-state index contributed by atoms with van der Waals surface area (Å²) in [7, 11) is 3.89. The van der Waals surface area contributed by atoms with Gasteiger partial charge >= 0.3 is 0 Å². The van der Waals surface area contributed by atoms with Crippen LogP contribution in [0.5, 0.6) is 0 Å². The fourth-order valence-corrected chi connectivity index (χ4v) is 3.61. The number of nitrogens with zero attached hydrogens (tertiary/aromatic N) is 3. The van der Waals surface area contributed by atoms with Crippen LogP contribution in [-0.2, 0) is 6.54 Å². The Hall–Kier alpha value is -2.47. The van der Waals surface area contributed by atoms with Crippen LogP contribution in [0.1, 0.15) is 17.3 Å². The van der Waals surface area contributed by atoms with E-state index in [1.807, 2.05) is 42.6 Å². The summed E-state index contributed by atoms with van der Waals surface area (Å²) in [5.74, 6) is -0.585. The van der Waals surface area contributed by atoms with E-state index >= 15 is 0 Å². The Labute approximate surface area is 143 Å². The van der Waals surface area contributed by atoms with Crippen LogP contribution in [0.3, 0.4) is 0 Å². The number of benzene rings is 2. The lowest BCUT2D eigenvalue weighted by atomic mass is 10.2. The van der Waals surface area contributed by atoms with Crippen molar-refractivity contribution in [2.24, 2.45) is 4.99 Å². The van der Waals surface area contributed by atoms with Crippen LogP contribution in [-0.4, -0.2) is 24.6 Å². The predicted molar refractivity (Wildman–Crippen MR) is 96.1 cm³/mol. The van der Waals surface area contributed by atoms with Gasteiger partial charge in [-0.05, 0) is 49.4 Å². The molecule has 0 spiro atoms. The van der Waals surface area contributed by atoms with Gasteiger partial charge in [-0.1, -0.05) is 11.3 Å². The molecule has 0 aliphatic heterocycles. The standard InChI is InChI=1S/C18H18FN3OS/c1-4-22-15-10-7-13(19)11-16(15)24-18(22)20-17(23)12-5-8-14(9-6-12)21(2)3/h5-11H,4H2,1-3H3. The predicted octanol–water partition coefficient (Wildman–Crippen LogP) is 3.67. The molecule has 0 saturated carbocycles. The minimum absolute atomic E-state index is 0.288. The summed E-state index contributed by atoms with van der Waals surface area (Å²) in [6.45, 7) is 2.64. The summed E-state index contributed by atoms with van der Waals surface area (Å²) in [4.78, 5) is 19.2. The highest BCUT2D eigenvalue weighted by atomic mass is 32.1. The zero-order chi connectivity index (χ0) is 17.3.